The highest BCUT2D eigenvalue weighted by molar-refractivity contribution is 8.03. The normalized spacial score (nSPS) is 27.3. The second-order valence-electron chi connectivity index (χ2n) is 9.94. The molecular weight excluding hydrogens is 514 g/mol. The molecule has 13 heteroatoms. The number of carbonyl (C=O) groups excluding carboxylic acids is 3. The lowest BCUT2D eigenvalue weighted by Crippen LogP contribution is -2.63. The number of nitrogens with zero attached hydrogens (tertiary/aromatic N) is 4. The number of β-lactam (4-membered cyclic amide) rings is 1. The Hall–Kier alpha value is -3.32. The largest absolute Gasteiger partial charge is 0.477 e. The standard InChI is InChI=1S/C25H33N5O7S/c1-5-8-37-25(36)29-10-16(9-15(29)6-7-28-11-17(22(26)32)27-14(28)4)38-21-12(2)19-18(13(3)31)23(33)30(19)20(21)24(34)35/h5,11-13,15-16,18-19,31H,1,6-10H2,2-4H3,(H2,26,32)(H,34,35)/t12-,13-,15-,16+,18-,19-/m1/s1. The van der Waals surface area contributed by atoms with Crippen LogP contribution < -0.4 is 5.73 Å². The first kappa shape index (κ1) is 27.7. The lowest BCUT2D eigenvalue weighted by molar-refractivity contribution is -0.163. The molecule has 4 heterocycles. The van der Waals surface area contributed by atoms with Gasteiger partial charge in [0.25, 0.3) is 5.91 Å². The third-order valence-corrected chi connectivity index (χ3v) is 8.97. The molecule has 4 rings (SSSR count). The van der Waals surface area contributed by atoms with Gasteiger partial charge in [-0.2, -0.15) is 0 Å². The number of ether oxygens (including phenoxy) is 1. The first-order valence-corrected chi connectivity index (χ1v) is 13.4. The molecule has 3 amide bonds. The Labute approximate surface area is 224 Å². The molecule has 0 radical (unpaired) electrons. The summed E-state index contributed by atoms with van der Waals surface area (Å²) in [7, 11) is 0. The van der Waals surface area contributed by atoms with Gasteiger partial charge >= 0.3 is 12.1 Å². The van der Waals surface area contributed by atoms with Crippen LogP contribution >= 0.6 is 11.8 Å². The Morgan fingerprint density at radius 3 is 2.68 bits per heavy atom. The fraction of sp³-hybridized carbons (Fsp3) is 0.560. The summed E-state index contributed by atoms with van der Waals surface area (Å²) in [5, 5.41) is 19.9. The number of rotatable bonds is 10. The van der Waals surface area contributed by atoms with Gasteiger partial charge in [-0.3, -0.25) is 9.59 Å². The SMILES string of the molecule is C=CCOC(=O)N1C[C@@H](SC2=C(C(=O)O)N3C(=O)[C@H]([C@@H](C)O)[C@H]3[C@H]2C)C[C@H]1CCn1cc(C(N)=O)nc1C. The summed E-state index contributed by atoms with van der Waals surface area (Å²) in [6.45, 7) is 9.65. The molecule has 4 N–H and O–H groups in total. The number of hydrogen-bond donors (Lipinski definition) is 3. The zero-order chi connectivity index (χ0) is 27.9. The van der Waals surface area contributed by atoms with Crippen molar-refractivity contribution in [3.63, 3.8) is 0 Å². The van der Waals surface area contributed by atoms with Crippen molar-refractivity contribution in [3.8, 4) is 0 Å². The van der Waals surface area contributed by atoms with Gasteiger partial charge in [0.2, 0.25) is 5.91 Å². The molecule has 38 heavy (non-hydrogen) atoms. The summed E-state index contributed by atoms with van der Waals surface area (Å²) in [4.78, 5) is 56.9. The van der Waals surface area contributed by atoms with Gasteiger partial charge < -0.3 is 35.1 Å². The summed E-state index contributed by atoms with van der Waals surface area (Å²) in [5.41, 5.74) is 5.47. The average molecular weight is 548 g/mol. The maximum atomic E-state index is 12.9. The van der Waals surface area contributed by atoms with Crippen LogP contribution in [-0.4, -0.2) is 90.0 Å². The highest BCUT2D eigenvalue weighted by atomic mass is 32.2. The summed E-state index contributed by atoms with van der Waals surface area (Å²) < 4.78 is 7.12. The van der Waals surface area contributed by atoms with E-state index in [0.717, 1.165) is 0 Å². The van der Waals surface area contributed by atoms with E-state index in [1.807, 2.05) is 11.5 Å². The first-order valence-electron chi connectivity index (χ1n) is 12.5. The maximum Gasteiger partial charge on any atom is 0.410 e. The molecule has 1 aromatic rings. The number of nitrogens with two attached hydrogens (primary N) is 1. The van der Waals surface area contributed by atoms with Gasteiger partial charge in [0.05, 0.1) is 18.1 Å². The quantitative estimate of drug-likeness (QED) is 0.289. The van der Waals surface area contributed by atoms with E-state index < -0.39 is 36.0 Å². The van der Waals surface area contributed by atoms with Crippen molar-refractivity contribution in [3.05, 3.63) is 41.0 Å². The Morgan fingerprint density at radius 1 is 1.39 bits per heavy atom. The number of aliphatic carboxylic acids is 1. The van der Waals surface area contributed by atoms with Crippen molar-refractivity contribution in [1.29, 1.82) is 0 Å². The molecule has 0 unspecified atom stereocenters. The molecule has 206 valence electrons. The Morgan fingerprint density at radius 2 is 2.11 bits per heavy atom. The Balaban J connectivity index is 1.53. The number of amides is 3. The number of carboxylic acid groups (broad SMARTS) is 1. The number of primary amides is 1. The number of fused-ring (bicyclic) bond motifs is 1. The third kappa shape index (κ3) is 4.92. The van der Waals surface area contributed by atoms with Crippen molar-refractivity contribution in [1.82, 2.24) is 19.4 Å². The number of aromatic nitrogens is 2. The van der Waals surface area contributed by atoms with E-state index in [0.29, 0.717) is 36.7 Å². The summed E-state index contributed by atoms with van der Waals surface area (Å²) in [6, 6.07) is -0.608. The van der Waals surface area contributed by atoms with Crippen LogP contribution in [0.3, 0.4) is 0 Å². The highest BCUT2D eigenvalue weighted by Gasteiger charge is 2.60. The van der Waals surface area contributed by atoms with E-state index in [1.165, 1.54) is 22.7 Å². The van der Waals surface area contributed by atoms with Gasteiger partial charge in [-0.05, 0) is 26.7 Å². The number of aliphatic hydroxyl groups is 1. The van der Waals surface area contributed by atoms with E-state index in [2.05, 4.69) is 11.6 Å². The predicted molar refractivity (Wildman–Crippen MR) is 138 cm³/mol. The lowest BCUT2D eigenvalue weighted by atomic mass is 9.79. The van der Waals surface area contributed by atoms with Crippen LogP contribution in [0.4, 0.5) is 4.79 Å². The molecule has 6 atom stereocenters. The topological polar surface area (TPSA) is 168 Å². The minimum absolute atomic E-state index is 0.0355. The van der Waals surface area contributed by atoms with Crippen molar-refractivity contribution in [2.24, 2.45) is 17.6 Å². The monoisotopic (exact) mass is 547 g/mol. The molecular formula is C25H33N5O7S. The summed E-state index contributed by atoms with van der Waals surface area (Å²) in [6.07, 6.45) is 2.83. The zero-order valence-corrected chi connectivity index (χ0v) is 22.4. The molecule has 3 aliphatic rings. The fourth-order valence-electron chi connectivity index (χ4n) is 5.67. The Bertz CT molecular complexity index is 1190. The van der Waals surface area contributed by atoms with Crippen LogP contribution in [0.25, 0.3) is 0 Å². The van der Waals surface area contributed by atoms with E-state index >= 15 is 0 Å². The highest BCUT2D eigenvalue weighted by Crippen LogP contribution is 2.52. The molecule has 2 saturated heterocycles. The van der Waals surface area contributed by atoms with Crippen LogP contribution in [-0.2, 0) is 20.9 Å². The Kier molecular flexibility index (Phi) is 7.88. The van der Waals surface area contributed by atoms with Gasteiger partial charge in [0.15, 0.2) is 0 Å². The van der Waals surface area contributed by atoms with Crippen molar-refractivity contribution < 1.29 is 34.1 Å². The number of likely N-dealkylation sites (tertiary alicyclic amines) is 1. The van der Waals surface area contributed by atoms with Crippen LogP contribution in [0, 0.1) is 18.8 Å². The van der Waals surface area contributed by atoms with Crippen LogP contribution in [0.2, 0.25) is 0 Å². The van der Waals surface area contributed by atoms with Crippen LogP contribution in [0.5, 0.6) is 0 Å². The molecule has 0 aliphatic carbocycles. The van der Waals surface area contributed by atoms with Gasteiger partial charge in [-0.25, -0.2) is 14.6 Å². The minimum Gasteiger partial charge on any atom is -0.477 e. The fourth-order valence-corrected chi connectivity index (χ4v) is 7.23. The number of carbonyl (C=O) groups is 4. The number of imidazole rings is 1. The predicted octanol–water partition coefficient (Wildman–Crippen LogP) is 1.33. The van der Waals surface area contributed by atoms with Crippen molar-refractivity contribution in [2.45, 2.75) is 63.6 Å². The van der Waals surface area contributed by atoms with Gasteiger partial charge in [-0.15, -0.1) is 11.8 Å². The number of thioether (sulfide) groups is 1. The van der Waals surface area contributed by atoms with E-state index in [4.69, 9.17) is 10.5 Å². The molecule has 0 aromatic carbocycles. The molecule has 1 aromatic heterocycles. The van der Waals surface area contributed by atoms with Gasteiger partial charge in [-0.1, -0.05) is 19.6 Å². The van der Waals surface area contributed by atoms with E-state index in [-0.39, 0.29) is 41.1 Å². The molecule has 2 fully saturated rings. The molecule has 0 saturated carbocycles. The third-order valence-electron chi connectivity index (χ3n) is 7.47. The molecule has 0 spiro atoms. The van der Waals surface area contributed by atoms with E-state index in [1.54, 1.807) is 24.9 Å². The molecule has 0 bridgehead atoms. The minimum atomic E-state index is -1.18. The summed E-state index contributed by atoms with van der Waals surface area (Å²) >= 11 is 1.38. The van der Waals surface area contributed by atoms with Crippen molar-refractivity contribution in [2.75, 3.05) is 13.2 Å². The summed E-state index contributed by atoms with van der Waals surface area (Å²) in [5.74, 6) is -2.45. The number of aliphatic hydroxyl groups excluding tert-OH is 1. The second kappa shape index (κ2) is 10.8. The van der Waals surface area contributed by atoms with Crippen LogP contribution in [0.1, 0.15) is 43.0 Å². The number of hydrogen-bond acceptors (Lipinski definition) is 8. The van der Waals surface area contributed by atoms with Gasteiger partial charge in [0, 0.05) is 41.4 Å². The number of aryl methyl sites for hydroxylation is 2. The molecule has 12 nitrogen and oxygen atoms in total. The zero-order valence-electron chi connectivity index (χ0n) is 21.6. The van der Waals surface area contributed by atoms with Crippen molar-refractivity contribution >= 4 is 35.6 Å². The molecule has 3 aliphatic heterocycles. The first-order chi connectivity index (χ1) is 18.0. The second-order valence-corrected chi connectivity index (χ2v) is 11.3. The smallest absolute Gasteiger partial charge is 0.410 e. The lowest BCUT2D eigenvalue weighted by Gasteiger charge is -2.46. The number of carboxylic acids is 1. The van der Waals surface area contributed by atoms with E-state index in [9.17, 15) is 29.4 Å². The average Bonchev–Trinajstić information content (AvgIpc) is 3.49. The maximum absolute atomic E-state index is 12.9. The van der Waals surface area contributed by atoms with Gasteiger partial charge in [0.1, 0.15) is 23.8 Å². The van der Waals surface area contributed by atoms with Crippen LogP contribution in [0.15, 0.2) is 29.5 Å².